The molecule has 0 bridgehead atoms. The minimum atomic E-state index is 0.424. The zero-order chi connectivity index (χ0) is 12.8. The van der Waals surface area contributed by atoms with Crippen LogP contribution in [0.2, 0.25) is 0 Å². The number of benzene rings is 1. The van der Waals surface area contributed by atoms with Crippen molar-refractivity contribution in [1.29, 1.82) is 5.26 Å². The van der Waals surface area contributed by atoms with Crippen LogP contribution in [0.15, 0.2) is 42.6 Å². The maximum atomic E-state index is 8.83. The monoisotopic (exact) mass is 237 g/mol. The van der Waals surface area contributed by atoms with E-state index in [1.165, 1.54) is 5.56 Å². The zero-order valence-corrected chi connectivity index (χ0v) is 10.4. The SMILES string of the molecule is CCCc1ccccc1Nc1ccnc(C#N)c1. The van der Waals surface area contributed by atoms with E-state index in [0.717, 1.165) is 24.2 Å². The first-order valence-corrected chi connectivity index (χ1v) is 6.04. The normalized spacial score (nSPS) is 9.78. The van der Waals surface area contributed by atoms with Crippen LogP contribution < -0.4 is 5.32 Å². The molecule has 3 heteroatoms. The highest BCUT2D eigenvalue weighted by molar-refractivity contribution is 5.63. The molecule has 1 aromatic carbocycles. The summed E-state index contributed by atoms with van der Waals surface area (Å²) >= 11 is 0. The van der Waals surface area contributed by atoms with Crippen LogP contribution in [0.25, 0.3) is 0 Å². The molecule has 0 amide bonds. The minimum absolute atomic E-state index is 0.424. The molecule has 0 aliphatic carbocycles. The molecule has 0 saturated carbocycles. The Balaban J connectivity index is 2.25. The number of para-hydroxylation sites is 1. The standard InChI is InChI=1S/C15H15N3/c1-2-5-12-6-3-4-7-15(12)18-13-8-9-17-14(10-13)11-16/h3-4,6-10H,2,5H2,1H3,(H,17,18). The molecule has 1 heterocycles. The van der Waals surface area contributed by atoms with E-state index in [1.54, 1.807) is 12.3 Å². The first-order valence-electron chi connectivity index (χ1n) is 6.04. The largest absolute Gasteiger partial charge is 0.355 e. The van der Waals surface area contributed by atoms with Crippen LogP contribution >= 0.6 is 0 Å². The second-order valence-electron chi connectivity index (χ2n) is 4.07. The van der Waals surface area contributed by atoms with Crippen LogP contribution in [-0.2, 0) is 6.42 Å². The van der Waals surface area contributed by atoms with Gasteiger partial charge in [0.05, 0.1) is 0 Å². The molecule has 0 saturated heterocycles. The van der Waals surface area contributed by atoms with Crippen molar-refractivity contribution in [1.82, 2.24) is 4.98 Å². The van der Waals surface area contributed by atoms with Gasteiger partial charge in [0.25, 0.3) is 0 Å². The Morgan fingerprint density at radius 3 is 2.89 bits per heavy atom. The third kappa shape index (κ3) is 2.86. The van der Waals surface area contributed by atoms with E-state index in [0.29, 0.717) is 5.69 Å². The number of nitriles is 1. The maximum absolute atomic E-state index is 8.83. The number of hydrogen-bond donors (Lipinski definition) is 1. The predicted molar refractivity (Wildman–Crippen MR) is 72.7 cm³/mol. The van der Waals surface area contributed by atoms with E-state index in [-0.39, 0.29) is 0 Å². The highest BCUT2D eigenvalue weighted by atomic mass is 14.9. The Kier molecular flexibility index (Phi) is 3.93. The van der Waals surface area contributed by atoms with Crippen molar-refractivity contribution in [3.05, 3.63) is 53.9 Å². The van der Waals surface area contributed by atoms with Gasteiger partial charge >= 0.3 is 0 Å². The van der Waals surface area contributed by atoms with E-state index < -0.39 is 0 Å². The van der Waals surface area contributed by atoms with Crippen LogP contribution in [0.1, 0.15) is 24.6 Å². The Labute approximate surface area is 107 Å². The van der Waals surface area contributed by atoms with E-state index in [4.69, 9.17) is 5.26 Å². The van der Waals surface area contributed by atoms with Crippen LogP contribution in [0, 0.1) is 11.3 Å². The Morgan fingerprint density at radius 1 is 1.28 bits per heavy atom. The predicted octanol–water partition coefficient (Wildman–Crippen LogP) is 3.65. The molecule has 1 aromatic heterocycles. The smallest absolute Gasteiger partial charge is 0.142 e. The number of anilines is 2. The maximum Gasteiger partial charge on any atom is 0.142 e. The number of pyridine rings is 1. The molecule has 3 nitrogen and oxygen atoms in total. The van der Waals surface area contributed by atoms with Crippen molar-refractivity contribution < 1.29 is 0 Å². The molecule has 2 aromatic rings. The molecular formula is C15H15N3. The van der Waals surface area contributed by atoms with Gasteiger partial charge in [-0.15, -0.1) is 0 Å². The summed E-state index contributed by atoms with van der Waals surface area (Å²) in [5, 5.41) is 12.2. The van der Waals surface area contributed by atoms with E-state index in [2.05, 4.69) is 29.4 Å². The molecule has 18 heavy (non-hydrogen) atoms. The molecule has 0 unspecified atom stereocenters. The van der Waals surface area contributed by atoms with Gasteiger partial charge in [-0.05, 0) is 30.2 Å². The minimum Gasteiger partial charge on any atom is -0.355 e. The van der Waals surface area contributed by atoms with Gasteiger partial charge in [-0.3, -0.25) is 0 Å². The van der Waals surface area contributed by atoms with Crippen LogP contribution in [0.5, 0.6) is 0 Å². The van der Waals surface area contributed by atoms with Crippen LogP contribution in [0.3, 0.4) is 0 Å². The quantitative estimate of drug-likeness (QED) is 0.883. The molecule has 0 aliphatic heterocycles. The summed E-state index contributed by atoms with van der Waals surface area (Å²) < 4.78 is 0. The molecule has 2 rings (SSSR count). The van der Waals surface area contributed by atoms with Gasteiger partial charge in [0.2, 0.25) is 0 Å². The van der Waals surface area contributed by atoms with Gasteiger partial charge in [-0.2, -0.15) is 5.26 Å². The summed E-state index contributed by atoms with van der Waals surface area (Å²) in [6.45, 7) is 2.16. The molecule has 0 aliphatic rings. The van der Waals surface area contributed by atoms with E-state index in [9.17, 15) is 0 Å². The fourth-order valence-electron chi connectivity index (χ4n) is 1.85. The van der Waals surface area contributed by atoms with Crippen molar-refractivity contribution in [2.75, 3.05) is 5.32 Å². The Morgan fingerprint density at radius 2 is 2.11 bits per heavy atom. The zero-order valence-electron chi connectivity index (χ0n) is 10.4. The van der Waals surface area contributed by atoms with Crippen molar-refractivity contribution in [3.63, 3.8) is 0 Å². The van der Waals surface area contributed by atoms with Crippen molar-refractivity contribution in [2.24, 2.45) is 0 Å². The second kappa shape index (κ2) is 5.83. The number of rotatable bonds is 4. The van der Waals surface area contributed by atoms with Gasteiger partial charge in [0, 0.05) is 17.6 Å². The molecule has 1 N–H and O–H groups in total. The first kappa shape index (κ1) is 12.1. The lowest BCUT2D eigenvalue weighted by Crippen LogP contribution is -1.96. The summed E-state index contributed by atoms with van der Waals surface area (Å²) in [6, 6.07) is 13.9. The summed E-state index contributed by atoms with van der Waals surface area (Å²) in [6.07, 6.45) is 3.79. The number of aromatic nitrogens is 1. The van der Waals surface area contributed by atoms with Crippen molar-refractivity contribution in [3.8, 4) is 6.07 Å². The molecule has 90 valence electrons. The van der Waals surface area contributed by atoms with Gasteiger partial charge in [0.15, 0.2) is 0 Å². The van der Waals surface area contributed by atoms with Crippen LogP contribution in [-0.4, -0.2) is 4.98 Å². The van der Waals surface area contributed by atoms with Crippen molar-refractivity contribution >= 4 is 11.4 Å². The number of hydrogen-bond acceptors (Lipinski definition) is 3. The average molecular weight is 237 g/mol. The van der Waals surface area contributed by atoms with Gasteiger partial charge in [-0.25, -0.2) is 4.98 Å². The molecule has 0 radical (unpaired) electrons. The van der Waals surface area contributed by atoms with Crippen molar-refractivity contribution in [2.45, 2.75) is 19.8 Å². The third-order valence-electron chi connectivity index (χ3n) is 2.69. The van der Waals surface area contributed by atoms with E-state index >= 15 is 0 Å². The lowest BCUT2D eigenvalue weighted by molar-refractivity contribution is 0.923. The number of nitrogens with one attached hydrogen (secondary N) is 1. The number of nitrogens with zero attached hydrogens (tertiary/aromatic N) is 2. The molecule has 0 spiro atoms. The summed E-state index contributed by atoms with van der Waals surface area (Å²) in [5.41, 5.74) is 3.70. The lowest BCUT2D eigenvalue weighted by atomic mass is 10.1. The Hall–Kier alpha value is -2.34. The second-order valence-corrected chi connectivity index (χ2v) is 4.07. The molecule has 0 atom stereocenters. The highest BCUT2D eigenvalue weighted by Crippen LogP contribution is 2.21. The fourth-order valence-corrected chi connectivity index (χ4v) is 1.85. The lowest BCUT2D eigenvalue weighted by Gasteiger charge is -2.11. The highest BCUT2D eigenvalue weighted by Gasteiger charge is 2.02. The Bertz CT molecular complexity index is 570. The fraction of sp³-hybridized carbons (Fsp3) is 0.200. The summed E-state index contributed by atoms with van der Waals surface area (Å²) in [4.78, 5) is 3.96. The summed E-state index contributed by atoms with van der Waals surface area (Å²) in [5.74, 6) is 0. The number of aryl methyl sites for hydroxylation is 1. The van der Waals surface area contributed by atoms with Crippen LogP contribution in [0.4, 0.5) is 11.4 Å². The first-order chi connectivity index (χ1) is 8.83. The molecule has 0 fully saturated rings. The van der Waals surface area contributed by atoms with Gasteiger partial charge in [-0.1, -0.05) is 31.5 Å². The van der Waals surface area contributed by atoms with Gasteiger partial charge < -0.3 is 5.32 Å². The average Bonchev–Trinajstić information content (AvgIpc) is 2.41. The summed E-state index contributed by atoms with van der Waals surface area (Å²) in [7, 11) is 0. The third-order valence-corrected chi connectivity index (χ3v) is 2.69. The topological polar surface area (TPSA) is 48.7 Å². The molecular weight excluding hydrogens is 222 g/mol. The van der Waals surface area contributed by atoms with Gasteiger partial charge in [0.1, 0.15) is 11.8 Å². The van der Waals surface area contributed by atoms with E-state index in [1.807, 2.05) is 24.3 Å².